The molecule has 172 valence electrons. The van der Waals surface area contributed by atoms with Gasteiger partial charge >= 0.3 is 5.97 Å². The molecule has 29 heavy (non-hydrogen) atoms. The zero-order chi connectivity index (χ0) is 21.4. The van der Waals surface area contributed by atoms with E-state index in [0.29, 0.717) is 13.0 Å². The summed E-state index contributed by atoms with van der Waals surface area (Å²) < 4.78 is 5.48. The summed E-state index contributed by atoms with van der Waals surface area (Å²) >= 11 is 0. The number of hydrogen-bond acceptors (Lipinski definition) is 2. The van der Waals surface area contributed by atoms with Crippen molar-refractivity contribution < 1.29 is 9.53 Å². The van der Waals surface area contributed by atoms with Gasteiger partial charge in [-0.05, 0) is 32.1 Å². The molecule has 0 N–H and O–H groups in total. The fraction of sp³-hybridized carbons (Fsp3) is 0.889. The third-order valence-corrected chi connectivity index (χ3v) is 5.76. The maximum atomic E-state index is 11.8. The Morgan fingerprint density at radius 1 is 0.586 bits per heavy atom. The van der Waals surface area contributed by atoms with Crippen molar-refractivity contribution in [3.05, 3.63) is 11.6 Å². The molecular formula is C27H52O2. The molecule has 0 heterocycles. The molecular weight excluding hydrogens is 356 g/mol. The van der Waals surface area contributed by atoms with E-state index in [2.05, 4.69) is 26.8 Å². The summed E-state index contributed by atoms with van der Waals surface area (Å²) in [6, 6.07) is 0. The maximum Gasteiger partial charge on any atom is 0.305 e. The Hall–Kier alpha value is -0.790. The summed E-state index contributed by atoms with van der Waals surface area (Å²) in [5.41, 5.74) is 1.52. The molecule has 0 aromatic heterocycles. The Labute approximate surface area is 183 Å². The second-order valence-electron chi connectivity index (χ2n) is 8.72. The van der Waals surface area contributed by atoms with Crippen LogP contribution in [-0.2, 0) is 9.53 Å². The molecule has 0 amide bonds. The van der Waals surface area contributed by atoms with Gasteiger partial charge in [0.1, 0.15) is 0 Å². The first-order valence-corrected chi connectivity index (χ1v) is 13.1. The zero-order valence-electron chi connectivity index (χ0n) is 20.2. The Morgan fingerprint density at radius 2 is 1.07 bits per heavy atom. The number of allylic oxidation sites excluding steroid dienone is 1. The SMILES string of the molecule is CCCCCCCC=C(CCCCCCCCCC)CCOC(=O)CCCCC. The number of ether oxygens (including phenoxy) is 1. The van der Waals surface area contributed by atoms with Crippen molar-refractivity contribution in [3.8, 4) is 0 Å². The first-order valence-electron chi connectivity index (χ1n) is 13.1. The van der Waals surface area contributed by atoms with E-state index >= 15 is 0 Å². The number of hydrogen-bond donors (Lipinski definition) is 0. The summed E-state index contributed by atoms with van der Waals surface area (Å²) in [5, 5.41) is 0. The quantitative estimate of drug-likeness (QED) is 0.101. The second kappa shape index (κ2) is 23.5. The van der Waals surface area contributed by atoms with Gasteiger partial charge in [0.05, 0.1) is 6.61 Å². The van der Waals surface area contributed by atoms with Crippen LogP contribution in [0.4, 0.5) is 0 Å². The molecule has 0 aliphatic rings. The Bertz CT molecular complexity index is 373. The largest absolute Gasteiger partial charge is 0.465 e. The molecule has 0 aromatic carbocycles. The normalized spacial score (nSPS) is 11.8. The fourth-order valence-corrected chi connectivity index (χ4v) is 3.76. The number of carbonyl (C=O) groups excluding carboxylic acids is 1. The van der Waals surface area contributed by atoms with Crippen LogP contribution < -0.4 is 0 Å². The summed E-state index contributed by atoms with van der Waals surface area (Å²) in [5.74, 6) is -0.00977. The molecule has 2 nitrogen and oxygen atoms in total. The minimum absolute atomic E-state index is 0.00977. The van der Waals surface area contributed by atoms with Crippen LogP contribution in [-0.4, -0.2) is 12.6 Å². The highest BCUT2D eigenvalue weighted by molar-refractivity contribution is 5.69. The van der Waals surface area contributed by atoms with Crippen molar-refractivity contribution in [1.29, 1.82) is 0 Å². The van der Waals surface area contributed by atoms with Crippen molar-refractivity contribution in [3.63, 3.8) is 0 Å². The predicted molar refractivity (Wildman–Crippen MR) is 128 cm³/mol. The molecule has 0 rings (SSSR count). The minimum Gasteiger partial charge on any atom is -0.465 e. The lowest BCUT2D eigenvalue weighted by Gasteiger charge is -2.10. The van der Waals surface area contributed by atoms with E-state index in [1.807, 2.05) is 0 Å². The average molecular weight is 409 g/mol. The first-order chi connectivity index (χ1) is 14.2. The van der Waals surface area contributed by atoms with E-state index in [1.54, 1.807) is 0 Å². The Kier molecular flexibility index (Phi) is 22.8. The van der Waals surface area contributed by atoms with Gasteiger partial charge in [-0.15, -0.1) is 0 Å². The lowest BCUT2D eigenvalue weighted by atomic mass is 10.0. The highest BCUT2D eigenvalue weighted by Crippen LogP contribution is 2.17. The highest BCUT2D eigenvalue weighted by Gasteiger charge is 2.04. The van der Waals surface area contributed by atoms with Gasteiger partial charge < -0.3 is 4.74 Å². The molecule has 0 aliphatic heterocycles. The number of rotatable bonds is 22. The third-order valence-electron chi connectivity index (χ3n) is 5.76. The van der Waals surface area contributed by atoms with E-state index in [-0.39, 0.29) is 5.97 Å². The zero-order valence-corrected chi connectivity index (χ0v) is 20.2. The van der Waals surface area contributed by atoms with Crippen molar-refractivity contribution in [1.82, 2.24) is 0 Å². The van der Waals surface area contributed by atoms with Gasteiger partial charge in [-0.2, -0.15) is 0 Å². The smallest absolute Gasteiger partial charge is 0.305 e. The van der Waals surface area contributed by atoms with Crippen LogP contribution in [0.3, 0.4) is 0 Å². The topological polar surface area (TPSA) is 26.3 Å². The van der Waals surface area contributed by atoms with E-state index in [1.165, 1.54) is 102 Å². The van der Waals surface area contributed by atoms with Gasteiger partial charge in [0.15, 0.2) is 0 Å². The summed E-state index contributed by atoms with van der Waals surface area (Å²) in [6.45, 7) is 7.28. The van der Waals surface area contributed by atoms with Crippen LogP contribution in [0.25, 0.3) is 0 Å². The van der Waals surface area contributed by atoms with E-state index in [0.717, 1.165) is 25.7 Å². The lowest BCUT2D eigenvalue weighted by Crippen LogP contribution is -2.06. The van der Waals surface area contributed by atoms with Crippen LogP contribution >= 0.6 is 0 Å². The van der Waals surface area contributed by atoms with E-state index in [4.69, 9.17) is 4.74 Å². The van der Waals surface area contributed by atoms with Gasteiger partial charge in [-0.1, -0.05) is 116 Å². The van der Waals surface area contributed by atoms with Crippen LogP contribution in [0, 0.1) is 0 Å². The van der Waals surface area contributed by atoms with Crippen molar-refractivity contribution >= 4 is 5.97 Å². The number of carbonyl (C=O) groups is 1. The van der Waals surface area contributed by atoms with Gasteiger partial charge in [0.2, 0.25) is 0 Å². The Balaban J connectivity index is 4.06. The van der Waals surface area contributed by atoms with Crippen molar-refractivity contribution in [2.24, 2.45) is 0 Å². The monoisotopic (exact) mass is 408 g/mol. The summed E-state index contributed by atoms with van der Waals surface area (Å²) in [6.07, 6.45) is 27.2. The maximum absolute atomic E-state index is 11.8. The van der Waals surface area contributed by atoms with Crippen molar-refractivity contribution in [2.45, 2.75) is 149 Å². The van der Waals surface area contributed by atoms with Crippen LogP contribution in [0.1, 0.15) is 149 Å². The molecule has 0 unspecified atom stereocenters. The molecule has 0 atom stereocenters. The predicted octanol–water partition coefficient (Wildman–Crippen LogP) is 9.32. The van der Waals surface area contributed by atoms with Gasteiger partial charge in [-0.3, -0.25) is 4.79 Å². The molecule has 0 saturated carbocycles. The fourth-order valence-electron chi connectivity index (χ4n) is 3.76. The highest BCUT2D eigenvalue weighted by atomic mass is 16.5. The van der Waals surface area contributed by atoms with Crippen molar-refractivity contribution in [2.75, 3.05) is 6.61 Å². The third kappa shape index (κ3) is 21.7. The van der Waals surface area contributed by atoms with Gasteiger partial charge in [0, 0.05) is 12.8 Å². The van der Waals surface area contributed by atoms with E-state index in [9.17, 15) is 4.79 Å². The minimum atomic E-state index is -0.00977. The molecule has 0 aromatic rings. The second-order valence-corrected chi connectivity index (χ2v) is 8.72. The summed E-state index contributed by atoms with van der Waals surface area (Å²) in [4.78, 5) is 11.8. The molecule has 0 saturated heterocycles. The molecule has 0 bridgehead atoms. The Morgan fingerprint density at radius 3 is 1.69 bits per heavy atom. The van der Waals surface area contributed by atoms with E-state index < -0.39 is 0 Å². The average Bonchev–Trinajstić information content (AvgIpc) is 2.72. The number of unbranched alkanes of at least 4 members (excludes halogenated alkanes) is 14. The molecule has 0 aliphatic carbocycles. The molecule has 0 spiro atoms. The number of esters is 1. The standard InChI is InChI=1S/C27H52O2/c1-4-7-10-12-14-15-17-20-22-26(21-19-16-13-11-8-5-2)24-25-29-27(28)23-18-9-6-3/h21H,4-20,22-25H2,1-3H3. The van der Waals surface area contributed by atoms with Crippen LogP contribution in [0.5, 0.6) is 0 Å². The van der Waals surface area contributed by atoms with Gasteiger partial charge in [0.25, 0.3) is 0 Å². The lowest BCUT2D eigenvalue weighted by molar-refractivity contribution is -0.143. The summed E-state index contributed by atoms with van der Waals surface area (Å²) in [7, 11) is 0. The van der Waals surface area contributed by atoms with Crippen LogP contribution in [0.2, 0.25) is 0 Å². The van der Waals surface area contributed by atoms with Crippen LogP contribution in [0.15, 0.2) is 11.6 Å². The molecule has 0 fully saturated rings. The molecule has 2 heteroatoms. The first kappa shape index (κ1) is 28.2. The van der Waals surface area contributed by atoms with Gasteiger partial charge in [-0.25, -0.2) is 0 Å². The molecule has 0 radical (unpaired) electrons.